The molecule has 3 aromatic rings. The summed E-state index contributed by atoms with van der Waals surface area (Å²) in [6, 6.07) is 12.7. The van der Waals surface area contributed by atoms with Crippen molar-refractivity contribution in [1.82, 2.24) is 20.1 Å². The SMILES string of the molecule is COc1ccc(CCNC(=O)COC(=O)c2nc(-n3nc(C)cc3C)ccc2Cl)cc1. The minimum absolute atomic E-state index is 0.0715. The van der Waals surface area contributed by atoms with Crippen molar-refractivity contribution in [2.75, 3.05) is 20.3 Å². The Morgan fingerprint density at radius 1 is 1.13 bits per heavy atom. The van der Waals surface area contributed by atoms with E-state index in [9.17, 15) is 9.59 Å². The number of ether oxygens (including phenoxy) is 2. The average molecular weight is 443 g/mol. The molecule has 2 aromatic heterocycles. The summed E-state index contributed by atoms with van der Waals surface area (Å²) in [5.41, 5.74) is 2.67. The molecule has 0 unspecified atom stereocenters. The Balaban J connectivity index is 1.53. The van der Waals surface area contributed by atoms with Gasteiger partial charge in [-0.3, -0.25) is 4.79 Å². The fraction of sp³-hybridized carbons (Fsp3) is 0.273. The van der Waals surface area contributed by atoms with Crippen LogP contribution in [0.15, 0.2) is 42.5 Å². The number of nitrogens with one attached hydrogen (secondary N) is 1. The molecule has 0 fully saturated rings. The molecule has 0 saturated carbocycles. The third-order valence-corrected chi connectivity index (χ3v) is 4.79. The highest BCUT2D eigenvalue weighted by molar-refractivity contribution is 6.33. The number of hydrogen-bond acceptors (Lipinski definition) is 6. The van der Waals surface area contributed by atoms with E-state index >= 15 is 0 Å². The molecule has 8 nitrogen and oxygen atoms in total. The maximum absolute atomic E-state index is 12.4. The van der Waals surface area contributed by atoms with Crippen LogP contribution < -0.4 is 10.1 Å². The lowest BCUT2D eigenvalue weighted by atomic mass is 10.1. The largest absolute Gasteiger partial charge is 0.497 e. The van der Waals surface area contributed by atoms with Crippen LogP contribution in [0, 0.1) is 13.8 Å². The first kappa shape index (κ1) is 22.3. The zero-order valence-electron chi connectivity index (χ0n) is 17.5. The van der Waals surface area contributed by atoms with Crippen molar-refractivity contribution in [1.29, 1.82) is 0 Å². The maximum Gasteiger partial charge on any atom is 0.359 e. The van der Waals surface area contributed by atoms with Gasteiger partial charge in [0.1, 0.15) is 5.75 Å². The van der Waals surface area contributed by atoms with Crippen molar-refractivity contribution in [3.63, 3.8) is 0 Å². The first-order valence-corrected chi connectivity index (χ1v) is 10.0. The highest BCUT2D eigenvalue weighted by Gasteiger charge is 2.18. The van der Waals surface area contributed by atoms with Gasteiger partial charge in [-0.2, -0.15) is 5.10 Å². The van der Waals surface area contributed by atoms with Gasteiger partial charge >= 0.3 is 5.97 Å². The fourth-order valence-electron chi connectivity index (χ4n) is 2.94. The molecule has 0 aliphatic carbocycles. The Labute approximate surface area is 185 Å². The van der Waals surface area contributed by atoms with Crippen LogP contribution >= 0.6 is 11.6 Å². The van der Waals surface area contributed by atoms with Gasteiger partial charge in [-0.15, -0.1) is 0 Å². The molecule has 0 atom stereocenters. The molecular formula is C22H23ClN4O4. The molecule has 1 aromatic carbocycles. The van der Waals surface area contributed by atoms with Crippen LogP contribution in [0.4, 0.5) is 0 Å². The minimum atomic E-state index is -0.779. The normalized spacial score (nSPS) is 10.6. The van der Waals surface area contributed by atoms with Gasteiger partial charge in [-0.25, -0.2) is 14.5 Å². The van der Waals surface area contributed by atoms with Crippen LogP contribution in [-0.4, -0.2) is 46.9 Å². The monoisotopic (exact) mass is 442 g/mol. The molecule has 0 radical (unpaired) electrons. The molecule has 0 aliphatic heterocycles. The second-order valence-corrected chi connectivity index (χ2v) is 7.27. The van der Waals surface area contributed by atoms with E-state index in [1.165, 1.54) is 0 Å². The average Bonchev–Trinajstić information content (AvgIpc) is 3.10. The molecule has 162 valence electrons. The summed E-state index contributed by atoms with van der Waals surface area (Å²) < 4.78 is 11.8. The zero-order valence-corrected chi connectivity index (χ0v) is 18.3. The molecule has 2 heterocycles. The summed E-state index contributed by atoms with van der Waals surface area (Å²) in [5, 5.41) is 7.19. The predicted molar refractivity (Wildman–Crippen MR) is 116 cm³/mol. The minimum Gasteiger partial charge on any atom is -0.497 e. The van der Waals surface area contributed by atoms with Crippen LogP contribution in [-0.2, 0) is 16.0 Å². The van der Waals surface area contributed by atoms with Crippen LogP contribution in [0.25, 0.3) is 5.82 Å². The molecule has 1 amide bonds. The van der Waals surface area contributed by atoms with Crippen molar-refractivity contribution >= 4 is 23.5 Å². The summed E-state index contributed by atoms with van der Waals surface area (Å²) >= 11 is 6.11. The van der Waals surface area contributed by atoms with E-state index in [1.807, 2.05) is 44.2 Å². The molecule has 0 bridgehead atoms. The lowest BCUT2D eigenvalue weighted by molar-refractivity contribution is -0.124. The molecule has 9 heteroatoms. The van der Waals surface area contributed by atoms with Crippen molar-refractivity contribution in [2.45, 2.75) is 20.3 Å². The number of aromatic nitrogens is 3. The fourth-order valence-corrected chi connectivity index (χ4v) is 3.13. The van der Waals surface area contributed by atoms with Gasteiger partial charge in [0, 0.05) is 12.2 Å². The van der Waals surface area contributed by atoms with E-state index in [-0.39, 0.29) is 10.7 Å². The quantitative estimate of drug-likeness (QED) is 0.539. The number of esters is 1. The summed E-state index contributed by atoms with van der Waals surface area (Å²) in [6.07, 6.45) is 0.641. The van der Waals surface area contributed by atoms with Crippen LogP contribution in [0.3, 0.4) is 0 Å². The number of benzene rings is 1. The molecule has 0 saturated heterocycles. The topological polar surface area (TPSA) is 95.3 Å². The third-order valence-electron chi connectivity index (χ3n) is 4.48. The van der Waals surface area contributed by atoms with Crippen molar-refractivity contribution < 1.29 is 19.1 Å². The number of pyridine rings is 1. The van der Waals surface area contributed by atoms with Crippen LogP contribution in [0.5, 0.6) is 5.75 Å². The van der Waals surface area contributed by atoms with Gasteiger partial charge in [0.15, 0.2) is 18.1 Å². The Morgan fingerprint density at radius 3 is 2.52 bits per heavy atom. The Hall–Kier alpha value is -3.39. The lowest BCUT2D eigenvalue weighted by Gasteiger charge is -2.09. The van der Waals surface area contributed by atoms with Crippen LogP contribution in [0.2, 0.25) is 5.02 Å². The highest BCUT2D eigenvalue weighted by atomic mass is 35.5. The number of amides is 1. The molecule has 1 N–H and O–H groups in total. The van der Waals surface area contributed by atoms with E-state index in [2.05, 4.69) is 15.4 Å². The predicted octanol–water partition coefficient (Wildman–Crippen LogP) is 3.06. The second kappa shape index (κ2) is 10.1. The maximum atomic E-state index is 12.4. The molecular weight excluding hydrogens is 420 g/mol. The standard InChI is InChI=1S/C22H23ClN4O4/c1-14-12-15(2)27(26-14)19-9-8-18(23)21(25-19)22(29)31-13-20(28)24-11-10-16-4-6-17(30-3)7-5-16/h4-9,12H,10-11,13H2,1-3H3,(H,24,28). The summed E-state index contributed by atoms with van der Waals surface area (Å²) in [7, 11) is 1.61. The number of rotatable bonds is 8. The van der Waals surface area contributed by atoms with E-state index in [1.54, 1.807) is 23.9 Å². The van der Waals surface area contributed by atoms with Crippen molar-refractivity contribution in [3.05, 3.63) is 70.1 Å². The van der Waals surface area contributed by atoms with E-state index in [0.29, 0.717) is 18.8 Å². The first-order valence-electron chi connectivity index (χ1n) is 9.64. The molecule has 0 aliphatic rings. The Morgan fingerprint density at radius 2 is 1.87 bits per heavy atom. The van der Waals surface area contributed by atoms with E-state index in [0.717, 1.165) is 22.7 Å². The molecule has 0 spiro atoms. The smallest absolute Gasteiger partial charge is 0.359 e. The number of methoxy groups -OCH3 is 1. The van der Waals surface area contributed by atoms with E-state index < -0.39 is 18.5 Å². The number of aryl methyl sites for hydroxylation is 2. The van der Waals surface area contributed by atoms with Crippen LogP contribution in [0.1, 0.15) is 27.4 Å². The number of carbonyl (C=O) groups is 2. The van der Waals surface area contributed by atoms with E-state index in [4.69, 9.17) is 21.1 Å². The van der Waals surface area contributed by atoms with Gasteiger partial charge in [0.2, 0.25) is 0 Å². The van der Waals surface area contributed by atoms with Gasteiger partial charge in [-0.05, 0) is 56.2 Å². The zero-order chi connectivity index (χ0) is 22.4. The summed E-state index contributed by atoms with van der Waals surface area (Å²) in [4.78, 5) is 28.7. The Kier molecular flexibility index (Phi) is 7.25. The lowest BCUT2D eigenvalue weighted by Crippen LogP contribution is -2.30. The first-order chi connectivity index (χ1) is 14.9. The van der Waals surface area contributed by atoms with Crippen molar-refractivity contribution in [2.24, 2.45) is 0 Å². The summed E-state index contributed by atoms with van der Waals surface area (Å²) in [5.74, 6) is 0.0196. The van der Waals surface area contributed by atoms with Crippen molar-refractivity contribution in [3.8, 4) is 11.6 Å². The third kappa shape index (κ3) is 5.82. The number of halogens is 1. The number of carbonyl (C=O) groups excluding carboxylic acids is 2. The van der Waals surface area contributed by atoms with Gasteiger partial charge < -0.3 is 14.8 Å². The van der Waals surface area contributed by atoms with Gasteiger partial charge in [0.05, 0.1) is 17.8 Å². The Bertz CT molecular complexity index is 1080. The van der Waals surface area contributed by atoms with Gasteiger partial charge in [-0.1, -0.05) is 23.7 Å². The number of nitrogens with zero attached hydrogens (tertiary/aromatic N) is 3. The highest BCUT2D eigenvalue weighted by Crippen LogP contribution is 2.18. The number of hydrogen-bond donors (Lipinski definition) is 1. The molecule has 31 heavy (non-hydrogen) atoms. The summed E-state index contributed by atoms with van der Waals surface area (Å²) in [6.45, 7) is 3.73. The van der Waals surface area contributed by atoms with Gasteiger partial charge in [0.25, 0.3) is 5.91 Å². The molecule has 3 rings (SSSR count). The second-order valence-electron chi connectivity index (χ2n) is 6.86.